The number of amides is 1. The normalized spacial score (nSPS) is 28.6. The number of hydrogen-bond acceptors (Lipinski definition) is 3. The number of ether oxygens (including phenoxy) is 2. The molecule has 2 aliphatic heterocycles. The van der Waals surface area contributed by atoms with Crippen molar-refractivity contribution in [2.75, 3.05) is 0 Å². The quantitative estimate of drug-likeness (QED) is 0.726. The first kappa shape index (κ1) is 9.66. The second-order valence-corrected chi connectivity index (χ2v) is 4.80. The van der Waals surface area contributed by atoms with Crippen molar-refractivity contribution in [1.82, 2.24) is 0 Å². The second-order valence-electron chi connectivity index (χ2n) is 4.80. The minimum Gasteiger partial charge on any atom is -0.485 e. The van der Waals surface area contributed by atoms with E-state index in [1.807, 2.05) is 13.8 Å². The predicted molar refractivity (Wildman–Crippen MR) is 57.3 cm³/mol. The molecule has 1 aromatic rings. The van der Waals surface area contributed by atoms with Crippen molar-refractivity contribution in [3.05, 3.63) is 29.3 Å². The Morgan fingerprint density at radius 2 is 2.19 bits per heavy atom. The highest BCUT2D eigenvalue weighted by molar-refractivity contribution is 5.93. The molecule has 0 aliphatic carbocycles. The van der Waals surface area contributed by atoms with Crippen LogP contribution in [0.2, 0.25) is 0 Å². The lowest BCUT2D eigenvalue weighted by molar-refractivity contribution is 0.0725. The van der Waals surface area contributed by atoms with Crippen molar-refractivity contribution >= 4 is 5.91 Å². The second kappa shape index (κ2) is 2.77. The average molecular weight is 219 g/mol. The molecule has 1 fully saturated rings. The third-order valence-electron chi connectivity index (χ3n) is 3.15. The highest BCUT2D eigenvalue weighted by Crippen LogP contribution is 2.53. The van der Waals surface area contributed by atoms with Crippen LogP contribution in [0.1, 0.15) is 35.9 Å². The zero-order valence-electron chi connectivity index (χ0n) is 9.19. The van der Waals surface area contributed by atoms with Gasteiger partial charge in [-0.1, -0.05) is 0 Å². The molecule has 0 unspecified atom stereocenters. The van der Waals surface area contributed by atoms with Gasteiger partial charge in [-0.15, -0.1) is 0 Å². The van der Waals surface area contributed by atoms with Crippen LogP contribution < -0.4 is 10.5 Å². The first-order valence-electron chi connectivity index (χ1n) is 5.27. The van der Waals surface area contributed by atoms with Crippen LogP contribution >= 0.6 is 0 Å². The summed E-state index contributed by atoms with van der Waals surface area (Å²) in [5.74, 6) is 0.360. The van der Waals surface area contributed by atoms with Crippen molar-refractivity contribution in [2.45, 2.75) is 31.7 Å². The van der Waals surface area contributed by atoms with E-state index >= 15 is 0 Å². The molecule has 0 aromatic heterocycles. The topological polar surface area (TPSA) is 64.8 Å². The molecule has 1 aromatic carbocycles. The maximum Gasteiger partial charge on any atom is 0.248 e. The van der Waals surface area contributed by atoms with Gasteiger partial charge in [0.2, 0.25) is 5.91 Å². The van der Waals surface area contributed by atoms with Crippen LogP contribution in [0.4, 0.5) is 0 Å². The molecular formula is C12H13NO3. The van der Waals surface area contributed by atoms with E-state index in [0.717, 1.165) is 11.3 Å². The van der Waals surface area contributed by atoms with Crippen LogP contribution in [0, 0.1) is 0 Å². The van der Waals surface area contributed by atoms with Crippen LogP contribution in [0.15, 0.2) is 18.2 Å². The summed E-state index contributed by atoms with van der Waals surface area (Å²) in [6.45, 7) is 4.01. The first-order chi connectivity index (χ1) is 7.49. The number of hydrogen-bond donors (Lipinski definition) is 1. The number of fused-ring (bicyclic) bond motifs is 3. The van der Waals surface area contributed by atoms with Crippen LogP contribution in [-0.2, 0) is 4.74 Å². The summed E-state index contributed by atoms with van der Waals surface area (Å²) >= 11 is 0. The number of carbonyl (C=O) groups is 1. The molecule has 4 nitrogen and oxygen atoms in total. The van der Waals surface area contributed by atoms with Gasteiger partial charge in [-0.25, -0.2) is 0 Å². The Morgan fingerprint density at radius 1 is 1.44 bits per heavy atom. The molecule has 1 saturated heterocycles. The van der Waals surface area contributed by atoms with E-state index in [1.54, 1.807) is 18.2 Å². The van der Waals surface area contributed by atoms with Gasteiger partial charge < -0.3 is 15.2 Å². The third kappa shape index (κ3) is 1.23. The molecule has 2 heterocycles. The standard InChI is InChI=1S/C12H13NO3/c1-12(2)10-9(15-10)7-5-6(11(13)14)3-4-8(7)16-12/h3-5,9-10H,1-2H3,(H2,13,14)/t9-,10-/m1/s1. The zero-order valence-corrected chi connectivity index (χ0v) is 9.19. The maximum absolute atomic E-state index is 11.1. The highest BCUT2D eigenvalue weighted by Gasteiger charge is 2.56. The molecule has 84 valence electrons. The van der Waals surface area contributed by atoms with E-state index in [0.29, 0.717) is 5.56 Å². The average Bonchev–Trinajstić information content (AvgIpc) is 2.97. The molecule has 3 rings (SSSR count). The number of carbonyl (C=O) groups excluding carboxylic acids is 1. The SMILES string of the molecule is CC1(C)Oc2ccc(C(N)=O)cc2[C@H]2O[C@H]21. The van der Waals surface area contributed by atoms with Crippen LogP contribution in [0.25, 0.3) is 0 Å². The number of rotatable bonds is 1. The molecular weight excluding hydrogens is 206 g/mol. The molecule has 0 bridgehead atoms. The molecule has 2 aliphatic rings. The third-order valence-corrected chi connectivity index (χ3v) is 3.15. The van der Waals surface area contributed by atoms with Gasteiger partial charge in [0.25, 0.3) is 0 Å². The minimum absolute atomic E-state index is 0.0537. The zero-order chi connectivity index (χ0) is 11.5. The van der Waals surface area contributed by atoms with Gasteiger partial charge in [0.1, 0.15) is 23.6 Å². The lowest BCUT2D eigenvalue weighted by Gasteiger charge is -2.29. The Morgan fingerprint density at radius 3 is 2.88 bits per heavy atom. The monoisotopic (exact) mass is 219 g/mol. The Bertz CT molecular complexity index is 481. The van der Waals surface area contributed by atoms with Crippen molar-refractivity contribution < 1.29 is 14.3 Å². The summed E-state index contributed by atoms with van der Waals surface area (Å²) in [6, 6.07) is 5.23. The van der Waals surface area contributed by atoms with Crippen molar-refractivity contribution in [3.63, 3.8) is 0 Å². The lowest BCUT2D eigenvalue weighted by Crippen LogP contribution is -2.37. The molecule has 2 atom stereocenters. The number of benzene rings is 1. The van der Waals surface area contributed by atoms with Crippen LogP contribution in [0.5, 0.6) is 5.75 Å². The highest BCUT2D eigenvalue weighted by atomic mass is 16.6. The Labute approximate surface area is 93.3 Å². The molecule has 0 radical (unpaired) electrons. The Kier molecular flexibility index (Phi) is 1.67. The summed E-state index contributed by atoms with van der Waals surface area (Å²) in [7, 11) is 0. The molecule has 1 amide bonds. The van der Waals surface area contributed by atoms with E-state index < -0.39 is 5.91 Å². The fourth-order valence-corrected chi connectivity index (χ4v) is 2.24. The number of epoxide rings is 1. The molecule has 4 heteroatoms. The maximum atomic E-state index is 11.1. The summed E-state index contributed by atoms with van der Waals surface area (Å²) in [4.78, 5) is 11.1. The molecule has 16 heavy (non-hydrogen) atoms. The number of primary amides is 1. The van der Waals surface area contributed by atoms with Gasteiger partial charge in [-0.3, -0.25) is 4.79 Å². The lowest BCUT2D eigenvalue weighted by atomic mass is 9.93. The van der Waals surface area contributed by atoms with Crippen molar-refractivity contribution in [1.29, 1.82) is 0 Å². The van der Waals surface area contributed by atoms with Gasteiger partial charge in [-0.2, -0.15) is 0 Å². The van der Waals surface area contributed by atoms with Gasteiger partial charge in [-0.05, 0) is 32.0 Å². The first-order valence-corrected chi connectivity index (χ1v) is 5.27. The fourth-order valence-electron chi connectivity index (χ4n) is 2.24. The van der Waals surface area contributed by atoms with Crippen LogP contribution in [0.3, 0.4) is 0 Å². The van der Waals surface area contributed by atoms with E-state index in [2.05, 4.69) is 0 Å². The Balaban J connectivity index is 2.06. The summed E-state index contributed by atoms with van der Waals surface area (Å²) in [5, 5.41) is 0. The molecule has 0 saturated carbocycles. The van der Waals surface area contributed by atoms with E-state index in [-0.39, 0.29) is 17.8 Å². The van der Waals surface area contributed by atoms with Gasteiger partial charge >= 0.3 is 0 Å². The van der Waals surface area contributed by atoms with E-state index in [1.165, 1.54) is 0 Å². The van der Waals surface area contributed by atoms with Gasteiger partial charge in [0, 0.05) is 11.1 Å². The van der Waals surface area contributed by atoms with E-state index in [4.69, 9.17) is 15.2 Å². The summed E-state index contributed by atoms with van der Waals surface area (Å²) in [5.41, 5.74) is 6.37. The van der Waals surface area contributed by atoms with Gasteiger partial charge in [0.15, 0.2) is 0 Å². The van der Waals surface area contributed by atoms with Crippen molar-refractivity contribution in [2.24, 2.45) is 5.73 Å². The molecule has 0 spiro atoms. The number of nitrogens with two attached hydrogens (primary N) is 1. The minimum atomic E-state index is -0.426. The molecule has 2 N–H and O–H groups in total. The van der Waals surface area contributed by atoms with E-state index in [9.17, 15) is 4.79 Å². The smallest absolute Gasteiger partial charge is 0.248 e. The largest absolute Gasteiger partial charge is 0.485 e. The summed E-state index contributed by atoms with van der Waals surface area (Å²) in [6.07, 6.45) is 0.140. The predicted octanol–water partition coefficient (Wildman–Crippen LogP) is 1.40. The Hall–Kier alpha value is -1.55. The fraction of sp³-hybridized carbons (Fsp3) is 0.417. The summed E-state index contributed by atoms with van der Waals surface area (Å²) < 4.78 is 11.4. The van der Waals surface area contributed by atoms with Crippen molar-refractivity contribution in [3.8, 4) is 5.75 Å². The van der Waals surface area contributed by atoms with Gasteiger partial charge in [0.05, 0.1) is 0 Å². The van der Waals surface area contributed by atoms with Crippen LogP contribution in [-0.4, -0.2) is 17.6 Å².